The number of hydrogen-bond donors (Lipinski definition) is 2. The number of nitrogens with zero attached hydrogens (tertiary/aromatic N) is 1. The molecule has 0 aliphatic heterocycles. The second-order valence-electron chi connectivity index (χ2n) is 5.59. The van der Waals surface area contributed by atoms with Crippen LogP contribution in [0.25, 0.3) is 33.3 Å². The summed E-state index contributed by atoms with van der Waals surface area (Å²) in [7, 11) is 0. The molecule has 3 N–H and O–H groups in total. The van der Waals surface area contributed by atoms with Gasteiger partial charge in [-0.25, -0.2) is 4.98 Å². The molecular formula is C20H17N3. The molecule has 2 aromatic heterocycles. The van der Waals surface area contributed by atoms with Gasteiger partial charge in [-0.2, -0.15) is 0 Å². The average Bonchev–Trinajstić information content (AvgIpc) is 3.05. The molecule has 2 aromatic carbocycles. The van der Waals surface area contributed by atoms with E-state index in [9.17, 15) is 0 Å². The largest absolute Gasteiger partial charge is 0.346 e. The second kappa shape index (κ2) is 5.71. The van der Waals surface area contributed by atoms with Gasteiger partial charge in [-0.1, -0.05) is 48.5 Å². The van der Waals surface area contributed by atoms with Crippen molar-refractivity contribution in [2.75, 3.05) is 0 Å². The van der Waals surface area contributed by atoms with E-state index in [4.69, 9.17) is 5.73 Å². The maximum atomic E-state index is 5.76. The van der Waals surface area contributed by atoms with Gasteiger partial charge in [0.25, 0.3) is 0 Å². The fourth-order valence-electron chi connectivity index (χ4n) is 2.90. The summed E-state index contributed by atoms with van der Waals surface area (Å²) < 4.78 is 0. The Morgan fingerprint density at radius 3 is 2.52 bits per heavy atom. The van der Waals surface area contributed by atoms with E-state index in [1.807, 2.05) is 42.7 Å². The molecule has 0 spiro atoms. The van der Waals surface area contributed by atoms with E-state index >= 15 is 0 Å². The molecule has 0 unspecified atom stereocenters. The monoisotopic (exact) mass is 299 g/mol. The second-order valence-corrected chi connectivity index (χ2v) is 5.59. The lowest BCUT2D eigenvalue weighted by molar-refractivity contribution is 1.07. The average molecular weight is 299 g/mol. The van der Waals surface area contributed by atoms with Gasteiger partial charge in [0.05, 0.1) is 0 Å². The van der Waals surface area contributed by atoms with Crippen LogP contribution in [0.3, 0.4) is 0 Å². The Hall–Kier alpha value is -2.91. The molecule has 3 nitrogen and oxygen atoms in total. The van der Waals surface area contributed by atoms with E-state index in [0.29, 0.717) is 6.54 Å². The summed E-state index contributed by atoms with van der Waals surface area (Å²) in [4.78, 5) is 7.83. The lowest BCUT2D eigenvalue weighted by atomic mass is 10.0. The van der Waals surface area contributed by atoms with Crippen LogP contribution in [0, 0.1) is 0 Å². The Kier molecular flexibility index (Phi) is 3.41. The van der Waals surface area contributed by atoms with Crippen LogP contribution in [0.15, 0.2) is 73.1 Å². The lowest BCUT2D eigenvalue weighted by Crippen LogP contribution is -1.95. The van der Waals surface area contributed by atoms with Gasteiger partial charge in [-0.3, -0.25) is 0 Å². The van der Waals surface area contributed by atoms with Crippen LogP contribution in [-0.4, -0.2) is 9.97 Å². The number of aromatic amines is 1. The third-order valence-corrected chi connectivity index (χ3v) is 4.11. The first kappa shape index (κ1) is 13.7. The number of nitrogens with two attached hydrogens (primary N) is 1. The third kappa shape index (κ3) is 2.51. The van der Waals surface area contributed by atoms with Crippen LogP contribution in [0.1, 0.15) is 5.56 Å². The van der Waals surface area contributed by atoms with Gasteiger partial charge in [0.1, 0.15) is 5.65 Å². The summed E-state index contributed by atoms with van der Waals surface area (Å²) in [5.74, 6) is 0. The molecule has 0 radical (unpaired) electrons. The van der Waals surface area contributed by atoms with Gasteiger partial charge >= 0.3 is 0 Å². The van der Waals surface area contributed by atoms with E-state index in [1.54, 1.807) is 0 Å². The van der Waals surface area contributed by atoms with E-state index in [0.717, 1.165) is 33.3 Å². The fraction of sp³-hybridized carbons (Fsp3) is 0.0500. The molecule has 0 fully saturated rings. The molecule has 0 saturated heterocycles. The number of nitrogens with one attached hydrogen (secondary N) is 1. The number of hydrogen-bond acceptors (Lipinski definition) is 2. The number of rotatable bonds is 3. The summed E-state index contributed by atoms with van der Waals surface area (Å²) >= 11 is 0. The molecule has 0 amide bonds. The molecule has 0 atom stereocenters. The number of fused-ring (bicyclic) bond motifs is 1. The standard InChI is InChI=1S/C20H17N3/c21-11-14-5-4-8-16(9-14)19-13-23-20-18(19)10-17(12-22-20)15-6-2-1-3-7-15/h1-10,12-13H,11,21H2,(H,22,23). The van der Waals surface area contributed by atoms with Crippen molar-refractivity contribution in [3.63, 3.8) is 0 Å². The molecule has 112 valence electrons. The molecule has 4 rings (SSSR count). The molecule has 2 heterocycles. The summed E-state index contributed by atoms with van der Waals surface area (Å²) in [6.07, 6.45) is 3.93. The predicted octanol–water partition coefficient (Wildman–Crippen LogP) is 4.36. The van der Waals surface area contributed by atoms with Crippen molar-refractivity contribution in [3.8, 4) is 22.3 Å². The van der Waals surface area contributed by atoms with Gasteiger partial charge in [-0.15, -0.1) is 0 Å². The summed E-state index contributed by atoms with van der Waals surface area (Å²) in [5.41, 5.74) is 12.4. The van der Waals surface area contributed by atoms with Crippen LogP contribution < -0.4 is 5.73 Å². The zero-order valence-corrected chi connectivity index (χ0v) is 12.7. The highest BCUT2D eigenvalue weighted by atomic mass is 14.8. The zero-order chi connectivity index (χ0) is 15.6. The number of aromatic nitrogens is 2. The Bertz CT molecular complexity index is 955. The highest BCUT2D eigenvalue weighted by Crippen LogP contribution is 2.31. The summed E-state index contributed by atoms with van der Waals surface area (Å²) in [6.45, 7) is 0.545. The van der Waals surface area contributed by atoms with E-state index in [-0.39, 0.29) is 0 Å². The highest BCUT2D eigenvalue weighted by molar-refractivity contribution is 5.95. The van der Waals surface area contributed by atoms with Crippen molar-refractivity contribution in [1.82, 2.24) is 9.97 Å². The first-order valence-electron chi connectivity index (χ1n) is 7.67. The Morgan fingerprint density at radius 2 is 1.70 bits per heavy atom. The minimum atomic E-state index is 0.545. The summed E-state index contributed by atoms with van der Waals surface area (Å²) in [6, 6.07) is 20.8. The molecule has 0 aliphatic rings. The van der Waals surface area contributed by atoms with Gasteiger partial charge in [-0.05, 0) is 28.8 Å². The van der Waals surface area contributed by atoms with Crippen molar-refractivity contribution < 1.29 is 0 Å². The van der Waals surface area contributed by atoms with E-state index < -0.39 is 0 Å². The molecule has 4 aromatic rings. The molecular weight excluding hydrogens is 282 g/mol. The molecule has 0 aliphatic carbocycles. The minimum absolute atomic E-state index is 0.545. The number of pyridine rings is 1. The van der Waals surface area contributed by atoms with Gasteiger partial charge in [0.2, 0.25) is 0 Å². The first-order valence-corrected chi connectivity index (χ1v) is 7.67. The van der Waals surface area contributed by atoms with Crippen LogP contribution in [-0.2, 0) is 6.54 Å². The smallest absolute Gasteiger partial charge is 0.137 e. The molecule has 0 bridgehead atoms. The van der Waals surface area contributed by atoms with Gasteiger partial charge in [0, 0.05) is 35.5 Å². The molecule has 0 saturated carbocycles. The van der Waals surface area contributed by atoms with E-state index in [2.05, 4.69) is 40.3 Å². The topological polar surface area (TPSA) is 54.7 Å². The summed E-state index contributed by atoms with van der Waals surface area (Å²) in [5, 5.41) is 1.13. The van der Waals surface area contributed by atoms with Crippen molar-refractivity contribution >= 4 is 11.0 Å². The zero-order valence-electron chi connectivity index (χ0n) is 12.7. The van der Waals surface area contributed by atoms with Crippen molar-refractivity contribution in [2.24, 2.45) is 5.73 Å². The number of benzene rings is 2. The van der Waals surface area contributed by atoms with Crippen LogP contribution in [0.2, 0.25) is 0 Å². The van der Waals surface area contributed by atoms with Crippen LogP contribution in [0.4, 0.5) is 0 Å². The lowest BCUT2D eigenvalue weighted by Gasteiger charge is -2.05. The van der Waals surface area contributed by atoms with Crippen molar-refractivity contribution in [1.29, 1.82) is 0 Å². The first-order chi connectivity index (χ1) is 11.3. The highest BCUT2D eigenvalue weighted by Gasteiger charge is 2.09. The van der Waals surface area contributed by atoms with E-state index in [1.165, 1.54) is 5.56 Å². The normalized spacial score (nSPS) is 11.0. The third-order valence-electron chi connectivity index (χ3n) is 4.11. The predicted molar refractivity (Wildman–Crippen MR) is 94.9 cm³/mol. The minimum Gasteiger partial charge on any atom is -0.346 e. The van der Waals surface area contributed by atoms with Crippen molar-refractivity contribution in [3.05, 3.63) is 78.6 Å². The van der Waals surface area contributed by atoms with Gasteiger partial charge < -0.3 is 10.7 Å². The van der Waals surface area contributed by atoms with Crippen LogP contribution in [0.5, 0.6) is 0 Å². The Morgan fingerprint density at radius 1 is 0.870 bits per heavy atom. The fourth-order valence-corrected chi connectivity index (χ4v) is 2.90. The quantitative estimate of drug-likeness (QED) is 0.590. The van der Waals surface area contributed by atoms with Crippen molar-refractivity contribution in [2.45, 2.75) is 6.54 Å². The maximum Gasteiger partial charge on any atom is 0.137 e. The molecule has 3 heteroatoms. The Labute approximate surface area is 134 Å². The van der Waals surface area contributed by atoms with Gasteiger partial charge in [0.15, 0.2) is 0 Å². The Balaban J connectivity index is 1.88. The SMILES string of the molecule is NCc1cccc(-c2c[nH]c3ncc(-c4ccccc4)cc23)c1. The maximum absolute atomic E-state index is 5.76. The van der Waals surface area contributed by atoms with Crippen LogP contribution >= 0.6 is 0 Å². The number of H-pyrrole nitrogens is 1. The molecule has 23 heavy (non-hydrogen) atoms.